The van der Waals surface area contributed by atoms with Crippen molar-refractivity contribution < 1.29 is 0 Å². The number of fused-ring (bicyclic) bond motifs is 1. The summed E-state index contributed by atoms with van der Waals surface area (Å²) >= 11 is 0. The predicted molar refractivity (Wildman–Crippen MR) is 74.4 cm³/mol. The van der Waals surface area contributed by atoms with Gasteiger partial charge in [0.1, 0.15) is 0 Å². The zero-order valence-corrected chi connectivity index (χ0v) is 11.6. The minimum Gasteiger partial charge on any atom is -0.267 e. The number of aromatic nitrogens is 2. The lowest BCUT2D eigenvalue weighted by molar-refractivity contribution is 0.705. The van der Waals surface area contributed by atoms with Crippen LogP contribution in [0.2, 0.25) is 0 Å². The molecular formula is C14H22N2O. The van der Waals surface area contributed by atoms with Crippen LogP contribution in [-0.2, 0) is 7.05 Å². The van der Waals surface area contributed by atoms with Gasteiger partial charge in [-0.15, -0.1) is 0 Å². The molecule has 0 amide bonds. The Morgan fingerprint density at radius 1 is 1.00 bits per heavy atom. The molecule has 3 heteroatoms. The molecule has 0 aliphatic carbocycles. The molecule has 1 heterocycles. The lowest BCUT2D eigenvalue weighted by Gasteiger charge is -2.02. The summed E-state index contributed by atoms with van der Waals surface area (Å²) in [5.41, 5.74) is 0.846. The van der Waals surface area contributed by atoms with Gasteiger partial charge >= 0.3 is 0 Å². The molecule has 0 bridgehead atoms. The van der Waals surface area contributed by atoms with E-state index >= 15 is 0 Å². The van der Waals surface area contributed by atoms with E-state index < -0.39 is 0 Å². The van der Waals surface area contributed by atoms with Crippen molar-refractivity contribution in [2.45, 2.75) is 34.6 Å². The zero-order chi connectivity index (χ0) is 13.4. The van der Waals surface area contributed by atoms with Gasteiger partial charge in [-0.2, -0.15) is 5.10 Å². The van der Waals surface area contributed by atoms with E-state index in [4.69, 9.17) is 0 Å². The Labute approximate surface area is 103 Å². The Bertz CT molecular complexity index is 515. The fraction of sp³-hybridized carbons (Fsp3) is 0.429. The Kier molecular flexibility index (Phi) is 6.87. The van der Waals surface area contributed by atoms with Crippen LogP contribution in [0.15, 0.2) is 29.1 Å². The molecule has 0 fully saturated rings. The van der Waals surface area contributed by atoms with Crippen molar-refractivity contribution in [2.24, 2.45) is 7.05 Å². The molecule has 2 aromatic rings. The lowest BCUT2D eigenvalue weighted by Crippen LogP contribution is -2.20. The van der Waals surface area contributed by atoms with Crippen molar-refractivity contribution in [3.8, 4) is 0 Å². The van der Waals surface area contributed by atoms with E-state index in [0.29, 0.717) is 0 Å². The molecule has 94 valence electrons. The summed E-state index contributed by atoms with van der Waals surface area (Å²) < 4.78 is 1.37. The maximum Gasteiger partial charge on any atom is 0.274 e. The first-order valence-electron chi connectivity index (χ1n) is 6.13. The fourth-order valence-electron chi connectivity index (χ4n) is 1.48. The third-order valence-corrected chi connectivity index (χ3v) is 2.14. The number of hydrogen-bond acceptors (Lipinski definition) is 2. The molecule has 0 saturated heterocycles. The average Bonchev–Trinajstić information content (AvgIpc) is 2.41. The summed E-state index contributed by atoms with van der Waals surface area (Å²) in [4.78, 5) is 11.6. The third-order valence-electron chi connectivity index (χ3n) is 2.14. The van der Waals surface area contributed by atoms with Crippen molar-refractivity contribution in [1.82, 2.24) is 9.78 Å². The highest BCUT2D eigenvalue weighted by atomic mass is 16.1. The molecule has 0 radical (unpaired) electrons. The molecule has 2 rings (SSSR count). The normalized spacial score (nSPS) is 8.82. The maximum absolute atomic E-state index is 11.6. The second kappa shape index (κ2) is 7.60. The molecule has 0 aliphatic heterocycles. The van der Waals surface area contributed by atoms with Gasteiger partial charge in [-0.1, -0.05) is 45.9 Å². The van der Waals surface area contributed by atoms with Gasteiger partial charge in [0, 0.05) is 12.4 Å². The topological polar surface area (TPSA) is 34.9 Å². The number of benzene rings is 1. The quantitative estimate of drug-likeness (QED) is 0.701. The summed E-state index contributed by atoms with van der Waals surface area (Å²) in [7, 11) is 1.67. The Morgan fingerprint density at radius 3 is 2.00 bits per heavy atom. The molecule has 0 unspecified atom stereocenters. The number of aryl methyl sites for hydroxylation is 2. The second-order valence-corrected chi connectivity index (χ2v) is 3.06. The first-order chi connectivity index (χ1) is 8.20. The summed E-state index contributed by atoms with van der Waals surface area (Å²) in [5, 5.41) is 5.78. The van der Waals surface area contributed by atoms with E-state index in [-0.39, 0.29) is 5.56 Å². The monoisotopic (exact) mass is 234 g/mol. The molecule has 0 N–H and O–H groups in total. The van der Waals surface area contributed by atoms with Crippen molar-refractivity contribution in [3.63, 3.8) is 0 Å². The van der Waals surface area contributed by atoms with Gasteiger partial charge in [0.15, 0.2) is 0 Å². The molecule has 1 aromatic carbocycles. The molecule has 0 atom stereocenters. The Hall–Kier alpha value is -1.64. The summed E-state index contributed by atoms with van der Waals surface area (Å²) in [6.07, 6.45) is 0. The molecule has 0 spiro atoms. The molecule has 1 aromatic heterocycles. The van der Waals surface area contributed by atoms with Gasteiger partial charge in [-0.25, -0.2) is 4.68 Å². The van der Waals surface area contributed by atoms with Gasteiger partial charge in [0.2, 0.25) is 0 Å². The molecular weight excluding hydrogens is 212 g/mol. The maximum atomic E-state index is 11.6. The first kappa shape index (κ1) is 15.4. The van der Waals surface area contributed by atoms with E-state index in [9.17, 15) is 4.79 Å². The largest absolute Gasteiger partial charge is 0.274 e. The smallest absolute Gasteiger partial charge is 0.267 e. The Morgan fingerprint density at radius 2 is 1.47 bits per heavy atom. The number of rotatable bonds is 0. The lowest BCUT2D eigenvalue weighted by atomic mass is 10.1. The first-order valence-corrected chi connectivity index (χ1v) is 6.13. The van der Waals surface area contributed by atoms with Crippen LogP contribution >= 0.6 is 0 Å². The summed E-state index contributed by atoms with van der Waals surface area (Å²) in [6.45, 7) is 9.90. The van der Waals surface area contributed by atoms with Gasteiger partial charge in [-0.05, 0) is 13.0 Å². The average molecular weight is 234 g/mol. The molecule has 3 nitrogen and oxygen atoms in total. The number of hydrogen-bond donors (Lipinski definition) is 0. The van der Waals surface area contributed by atoms with Crippen LogP contribution in [0.3, 0.4) is 0 Å². The van der Waals surface area contributed by atoms with Gasteiger partial charge in [-0.3, -0.25) is 4.79 Å². The second-order valence-electron chi connectivity index (χ2n) is 3.06. The van der Waals surface area contributed by atoms with Crippen LogP contribution in [-0.4, -0.2) is 9.78 Å². The Balaban J connectivity index is 0.000000581. The van der Waals surface area contributed by atoms with Crippen LogP contribution in [0.1, 0.15) is 33.4 Å². The molecule has 0 aliphatic rings. The highest BCUT2D eigenvalue weighted by Gasteiger charge is 2.03. The van der Waals surface area contributed by atoms with Crippen LogP contribution < -0.4 is 5.56 Å². The van der Waals surface area contributed by atoms with Crippen molar-refractivity contribution in [2.75, 3.05) is 0 Å². The van der Waals surface area contributed by atoms with Crippen molar-refractivity contribution in [1.29, 1.82) is 0 Å². The fourth-order valence-corrected chi connectivity index (χ4v) is 1.48. The summed E-state index contributed by atoms with van der Waals surface area (Å²) in [6, 6.07) is 7.52. The van der Waals surface area contributed by atoms with E-state index in [1.54, 1.807) is 7.05 Å². The zero-order valence-electron chi connectivity index (χ0n) is 11.6. The van der Waals surface area contributed by atoms with Crippen molar-refractivity contribution >= 4 is 10.8 Å². The van der Waals surface area contributed by atoms with Gasteiger partial charge < -0.3 is 0 Å². The highest BCUT2D eigenvalue weighted by molar-refractivity contribution is 5.83. The van der Waals surface area contributed by atoms with Crippen molar-refractivity contribution in [3.05, 3.63) is 40.3 Å². The van der Waals surface area contributed by atoms with Gasteiger partial charge in [0.25, 0.3) is 5.56 Å². The number of nitrogens with zero attached hydrogens (tertiary/aromatic N) is 2. The highest BCUT2D eigenvalue weighted by Crippen LogP contribution is 2.10. The molecule has 0 saturated carbocycles. The van der Waals surface area contributed by atoms with E-state index in [0.717, 1.165) is 16.5 Å². The minimum absolute atomic E-state index is 0.0406. The van der Waals surface area contributed by atoms with E-state index in [2.05, 4.69) is 5.10 Å². The minimum atomic E-state index is -0.0406. The standard InChI is InChI=1S/C10H10N2O.2C2H6/c1-7-8-5-3-4-6-9(8)10(13)12(2)11-7;2*1-2/h3-6H,1-2H3;2*1-2H3. The van der Waals surface area contributed by atoms with Crippen LogP contribution in [0.4, 0.5) is 0 Å². The predicted octanol–water partition coefficient (Wildman–Crippen LogP) is 3.29. The summed E-state index contributed by atoms with van der Waals surface area (Å²) in [5.74, 6) is 0. The third kappa shape index (κ3) is 3.41. The van der Waals surface area contributed by atoms with Crippen LogP contribution in [0.25, 0.3) is 10.8 Å². The van der Waals surface area contributed by atoms with E-state index in [1.165, 1.54) is 4.68 Å². The van der Waals surface area contributed by atoms with Crippen LogP contribution in [0, 0.1) is 6.92 Å². The molecule has 17 heavy (non-hydrogen) atoms. The SMILES string of the molecule is CC.CC.Cc1nn(C)c(=O)c2ccccc12. The van der Waals surface area contributed by atoms with Crippen LogP contribution in [0.5, 0.6) is 0 Å². The van der Waals surface area contributed by atoms with Gasteiger partial charge in [0.05, 0.1) is 11.1 Å². The van der Waals surface area contributed by atoms with E-state index in [1.807, 2.05) is 58.9 Å².